The number of methoxy groups -OCH3 is 1. The Morgan fingerprint density at radius 2 is 1.88 bits per heavy atom. The number of nitrogens with one attached hydrogen (secondary N) is 1. The molecule has 0 saturated carbocycles. The van der Waals surface area contributed by atoms with Crippen LogP contribution in [0.15, 0.2) is 54.6 Å². The number of anilines is 1. The maximum Gasteiger partial charge on any atom is 0.239 e. The Bertz CT molecular complexity index is 761. The Labute approximate surface area is 154 Å². The average Bonchev–Trinajstić information content (AvgIpc) is 3.04. The minimum absolute atomic E-state index is 0.125. The minimum atomic E-state index is -0.614. The summed E-state index contributed by atoms with van der Waals surface area (Å²) in [6, 6.07) is 18.1. The van der Waals surface area contributed by atoms with E-state index in [-0.39, 0.29) is 11.8 Å². The van der Waals surface area contributed by atoms with Gasteiger partial charge >= 0.3 is 0 Å². The molecule has 2 amide bonds. The molecule has 1 aliphatic heterocycles. The first kappa shape index (κ1) is 18.1. The fraction of sp³-hybridized carbons (Fsp3) is 0.333. The molecular formula is C21H24N2O3. The molecule has 1 saturated heterocycles. The van der Waals surface area contributed by atoms with Crippen molar-refractivity contribution in [3.63, 3.8) is 0 Å². The molecule has 5 nitrogen and oxygen atoms in total. The maximum atomic E-state index is 12.8. The van der Waals surface area contributed by atoms with Crippen molar-refractivity contribution in [3.05, 3.63) is 65.7 Å². The lowest BCUT2D eigenvalue weighted by Crippen LogP contribution is -2.38. The number of carbonyl (C=O) groups excluding carboxylic acids is 2. The summed E-state index contributed by atoms with van der Waals surface area (Å²) in [7, 11) is 1.58. The van der Waals surface area contributed by atoms with Gasteiger partial charge in [0.25, 0.3) is 0 Å². The fourth-order valence-electron chi connectivity index (χ4n) is 3.30. The zero-order chi connectivity index (χ0) is 18.4. The number of amides is 2. The lowest BCUT2D eigenvalue weighted by atomic mass is 10.0. The summed E-state index contributed by atoms with van der Waals surface area (Å²) in [5.74, 6) is -0.952. The van der Waals surface area contributed by atoms with Crippen molar-refractivity contribution in [2.75, 3.05) is 31.7 Å². The van der Waals surface area contributed by atoms with Crippen LogP contribution in [0.5, 0.6) is 0 Å². The third kappa shape index (κ3) is 4.11. The first-order valence-electron chi connectivity index (χ1n) is 8.90. The van der Waals surface area contributed by atoms with Crippen LogP contribution in [0.25, 0.3) is 0 Å². The molecule has 1 aliphatic rings. The molecule has 0 aliphatic carbocycles. The predicted molar refractivity (Wildman–Crippen MR) is 101 cm³/mol. The maximum absolute atomic E-state index is 12.8. The van der Waals surface area contributed by atoms with Gasteiger partial charge < -0.3 is 15.0 Å². The fourth-order valence-corrected chi connectivity index (χ4v) is 3.30. The predicted octanol–water partition coefficient (Wildman–Crippen LogP) is 2.39. The number of hydrogen-bond donors (Lipinski definition) is 1. The van der Waals surface area contributed by atoms with Crippen LogP contribution < -0.4 is 10.2 Å². The van der Waals surface area contributed by atoms with Crippen LogP contribution in [-0.2, 0) is 20.7 Å². The molecule has 0 spiro atoms. The first-order valence-corrected chi connectivity index (χ1v) is 8.90. The van der Waals surface area contributed by atoms with Crippen molar-refractivity contribution in [1.82, 2.24) is 5.32 Å². The van der Waals surface area contributed by atoms with Crippen molar-refractivity contribution < 1.29 is 14.3 Å². The third-order valence-electron chi connectivity index (χ3n) is 4.65. The highest BCUT2D eigenvalue weighted by Gasteiger charge is 2.38. The summed E-state index contributed by atoms with van der Waals surface area (Å²) < 4.78 is 4.93. The van der Waals surface area contributed by atoms with Crippen molar-refractivity contribution in [3.8, 4) is 0 Å². The van der Waals surface area contributed by atoms with E-state index in [1.807, 2.05) is 42.5 Å². The summed E-state index contributed by atoms with van der Waals surface area (Å²) in [6.07, 6.45) is 1.29. The van der Waals surface area contributed by atoms with E-state index in [1.165, 1.54) is 5.56 Å². The van der Waals surface area contributed by atoms with Gasteiger partial charge in [0, 0.05) is 25.9 Å². The molecule has 1 fully saturated rings. The number of benzene rings is 2. The number of nitrogens with zero attached hydrogens (tertiary/aromatic N) is 1. The van der Waals surface area contributed by atoms with Crippen molar-refractivity contribution >= 4 is 17.5 Å². The number of para-hydroxylation sites is 1. The van der Waals surface area contributed by atoms with Crippen LogP contribution in [-0.4, -0.2) is 38.6 Å². The van der Waals surface area contributed by atoms with Gasteiger partial charge in [-0.05, 0) is 30.0 Å². The van der Waals surface area contributed by atoms with E-state index in [9.17, 15) is 9.59 Å². The molecule has 2 aromatic rings. The molecule has 26 heavy (non-hydrogen) atoms. The Morgan fingerprint density at radius 1 is 1.15 bits per heavy atom. The molecule has 0 bridgehead atoms. The number of ether oxygens (including phenoxy) is 1. The van der Waals surface area contributed by atoms with Crippen LogP contribution in [0.1, 0.15) is 17.5 Å². The highest BCUT2D eigenvalue weighted by atomic mass is 16.5. The Hall–Kier alpha value is -2.66. The summed E-state index contributed by atoms with van der Waals surface area (Å²) >= 11 is 0. The van der Waals surface area contributed by atoms with Crippen LogP contribution in [0.2, 0.25) is 0 Å². The molecule has 1 unspecified atom stereocenters. The van der Waals surface area contributed by atoms with Gasteiger partial charge in [-0.1, -0.05) is 48.5 Å². The Kier molecular flexibility index (Phi) is 6.02. The van der Waals surface area contributed by atoms with E-state index < -0.39 is 5.92 Å². The van der Waals surface area contributed by atoms with E-state index in [2.05, 4.69) is 17.4 Å². The zero-order valence-corrected chi connectivity index (χ0v) is 15.0. The van der Waals surface area contributed by atoms with Crippen molar-refractivity contribution in [1.29, 1.82) is 0 Å². The molecule has 1 atom stereocenters. The summed E-state index contributed by atoms with van der Waals surface area (Å²) in [4.78, 5) is 26.8. The monoisotopic (exact) mass is 352 g/mol. The van der Waals surface area contributed by atoms with Gasteiger partial charge in [0.15, 0.2) is 0 Å². The number of carbonyl (C=O) groups is 2. The third-order valence-corrected chi connectivity index (χ3v) is 4.65. The van der Waals surface area contributed by atoms with Crippen LogP contribution >= 0.6 is 0 Å². The van der Waals surface area contributed by atoms with Crippen LogP contribution in [0.3, 0.4) is 0 Å². The largest absolute Gasteiger partial charge is 0.383 e. The number of hydrogen-bond acceptors (Lipinski definition) is 3. The highest BCUT2D eigenvalue weighted by Crippen LogP contribution is 2.29. The molecule has 3 rings (SSSR count). The zero-order valence-electron chi connectivity index (χ0n) is 15.0. The molecule has 1 N–H and O–H groups in total. The van der Waals surface area contributed by atoms with Gasteiger partial charge in [-0.2, -0.15) is 0 Å². The SMILES string of the molecule is COCCNC(=O)C1CCN(c2ccccc2Cc2ccccc2)C1=O. The van der Waals surface area contributed by atoms with Gasteiger partial charge in [-0.25, -0.2) is 0 Å². The molecule has 1 heterocycles. The van der Waals surface area contributed by atoms with Crippen molar-refractivity contribution in [2.24, 2.45) is 5.92 Å². The standard InChI is InChI=1S/C21H24N2O3/c1-26-14-12-22-20(24)18-11-13-23(21(18)25)19-10-6-5-9-17(19)15-16-7-3-2-4-8-16/h2-10,18H,11-15H2,1H3,(H,22,24). The quantitative estimate of drug-likeness (QED) is 0.615. The average molecular weight is 352 g/mol. The Balaban J connectivity index is 1.74. The lowest BCUT2D eigenvalue weighted by molar-refractivity contribution is -0.132. The minimum Gasteiger partial charge on any atom is -0.383 e. The molecular weight excluding hydrogens is 328 g/mol. The van der Waals surface area contributed by atoms with Crippen LogP contribution in [0.4, 0.5) is 5.69 Å². The molecule has 5 heteroatoms. The van der Waals surface area contributed by atoms with E-state index in [4.69, 9.17) is 4.74 Å². The summed E-state index contributed by atoms with van der Waals surface area (Å²) in [5.41, 5.74) is 3.18. The molecule has 136 valence electrons. The van der Waals surface area contributed by atoms with Crippen molar-refractivity contribution in [2.45, 2.75) is 12.8 Å². The molecule has 0 radical (unpaired) electrons. The van der Waals surface area contributed by atoms with Gasteiger partial charge in [-0.3, -0.25) is 9.59 Å². The first-order chi connectivity index (χ1) is 12.7. The van der Waals surface area contributed by atoms with E-state index in [0.717, 1.165) is 17.7 Å². The molecule has 2 aromatic carbocycles. The van der Waals surface area contributed by atoms with Crippen LogP contribution in [0, 0.1) is 5.92 Å². The van der Waals surface area contributed by atoms with Gasteiger partial charge in [0.1, 0.15) is 5.92 Å². The second-order valence-electron chi connectivity index (χ2n) is 6.41. The van der Waals surface area contributed by atoms with Gasteiger partial charge in [0.05, 0.1) is 6.61 Å². The summed E-state index contributed by atoms with van der Waals surface area (Å²) in [6.45, 7) is 1.42. The second kappa shape index (κ2) is 8.63. The topological polar surface area (TPSA) is 58.6 Å². The van der Waals surface area contributed by atoms with E-state index in [1.54, 1.807) is 12.0 Å². The summed E-state index contributed by atoms with van der Waals surface area (Å²) in [5, 5.41) is 2.77. The Morgan fingerprint density at radius 3 is 2.65 bits per heavy atom. The van der Waals surface area contributed by atoms with Gasteiger partial charge in [-0.15, -0.1) is 0 Å². The van der Waals surface area contributed by atoms with E-state index >= 15 is 0 Å². The van der Waals surface area contributed by atoms with E-state index in [0.29, 0.717) is 26.1 Å². The normalized spacial score (nSPS) is 16.7. The second-order valence-corrected chi connectivity index (χ2v) is 6.41. The lowest BCUT2D eigenvalue weighted by Gasteiger charge is -2.20. The number of rotatable bonds is 7. The molecule has 0 aromatic heterocycles. The van der Waals surface area contributed by atoms with Gasteiger partial charge in [0.2, 0.25) is 11.8 Å². The smallest absolute Gasteiger partial charge is 0.239 e. The highest BCUT2D eigenvalue weighted by molar-refractivity contribution is 6.09.